The van der Waals surface area contributed by atoms with Crippen LogP contribution in [0.3, 0.4) is 0 Å². The van der Waals surface area contributed by atoms with Gasteiger partial charge in [-0.05, 0) is 30.0 Å². The van der Waals surface area contributed by atoms with Crippen molar-refractivity contribution >= 4 is 29.2 Å². The van der Waals surface area contributed by atoms with E-state index in [0.717, 1.165) is 0 Å². The van der Waals surface area contributed by atoms with Crippen LogP contribution < -0.4 is 5.73 Å². The average molecular weight is 282 g/mol. The highest BCUT2D eigenvalue weighted by atomic mass is 35.5. The van der Waals surface area contributed by atoms with Crippen LogP contribution in [0.1, 0.15) is 5.56 Å². The molecule has 92 valence electrons. The Labute approximate surface area is 112 Å². The zero-order valence-electron chi connectivity index (χ0n) is 8.99. The predicted octanol–water partition coefficient (Wildman–Crippen LogP) is 1.77. The summed E-state index contributed by atoms with van der Waals surface area (Å²) in [6.07, 6.45) is 3.07. The molecule has 0 unspecified atom stereocenters. The number of pyridine rings is 1. The lowest BCUT2D eigenvalue weighted by Gasteiger charge is -2.05. The Bertz CT molecular complexity index is 592. The Kier molecular flexibility index (Phi) is 3.96. The van der Waals surface area contributed by atoms with Crippen molar-refractivity contribution in [2.75, 3.05) is 0 Å². The first-order chi connectivity index (χ1) is 8.72. The van der Waals surface area contributed by atoms with Crippen LogP contribution in [0.15, 0.2) is 45.8 Å². The number of rotatable bonds is 3. The maximum absolute atomic E-state index is 8.70. The molecule has 0 spiro atoms. The molecule has 0 aromatic carbocycles. The van der Waals surface area contributed by atoms with E-state index in [1.807, 2.05) is 0 Å². The van der Waals surface area contributed by atoms with Gasteiger partial charge in [-0.1, -0.05) is 16.8 Å². The summed E-state index contributed by atoms with van der Waals surface area (Å²) in [5.74, 6) is -0.0422. The molecular weight excluding hydrogens is 274 g/mol. The minimum Gasteiger partial charge on any atom is -0.409 e. The van der Waals surface area contributed by atoms with Gasteiger partial charge in [-0.2, -0.15) is 5.10 Å². The fourth-order valence-corrected chi connectivity index (χ4v) is 2.25. The van der Waals surface area contributed by atoms with Crippen LogP contribution in [-0.2, 0) is 0 Å². The molecule has 0 fully saturated rings. The Morgan fingerprint density at radius 3 is 2.89 bits per heavy atom. The molecule has 8 heteroatoms. The fraction of sp³-hybridized carbons (Fsp3) is 0. The molecule has 18 heavy (non-hydrogen) atoms. The van der Waals surface area contributed by atoms with Gasteiger partial charge in [0.05, 0.1) is 16.8 Å². The van der Waals surface area contributed by atoms with Gasteiger partial charge in [0, 0.05) is 6.20 Å². The zero-order valence-corrected chi connectivity index (χ0v) is 10.6. The SMILES string of the molecule is N/C(=N/O)c1ccnnc1Sc1ncccc1Cl. The maximum atomic E-state index is 8.70. The molecule has 0 atom stereocenters. The molecule has 0 aliphatic heterocycles. The number of nitrogens with two attached hydrogens (primary N) is 1. The quantitative estimate of drug-likeness (QED) is 0.385. The first kappa shape index (κ1) is 12.6. The van der Waals surface area contributed by atoms with Gasteiger partial charge < -0.3 is 10.9 Å². The largest absolute Gasteiger partial charge is 0.409 e. The molecule has 0 aliphatic carbocycles. The van der Waals surface area contributed by atoms with Crippen molar-refractivity contribution < 1.29 is 5.21 Å². The number of nitrogens with zero attached hydrogens (tertiary/aromatic N) is 4. The molecule has 0 amide bonds. The fourth-order valence-electron chi connectivity index (χ4n) is 1.18. The highest BCUT2D eigenvalue weighted by molar-refractivity contribution is 7.99. The molecule has 2 aromatic rings. The topological polar surface area (TPSA) is 97.3 Å². The first-order valence-electron chi connectivity index (χ1n) is 4.80. The van der Waals surface area contributed by atoms with Gasteiger partial charge in [0.15, 0.2) is 5.84 Å². The third-order valence-electron chi connectivity index (χ3n) is 1.99. The molecule has 2 heterocycles. The highest BCUT2D eigenvalue weighted by Crippen LogP contribution is 2.31. The van der Waals surface area contributed by atoms with Crippen LogP contribution in [0.5, 0.6) is 0 Å². The Morgan fingerprint density at radius 2 is 2.17 bits per heavy atom. The first-order valence-corrected chi connectivity index (χ1v) is 5.99. The summed E-state index contributed by atoms with van der Waals surface area (Å²) in [4.78, 5) is 4.12. The van der Waals surface area contributed by atoms with Crippen molar-refractivity contribution in [1.29, 1.82) is 0 Å². The molecule has 2 aromatic heterocycles. The Morgan fingerprint density at radius 1 is 1.33 bits per heavy atom. The molecule has 6 nitrogen and oxygen atoms in total. The number of hydrogen-bond donors (Lipinski definition) is 2. The van der Waals surface area contributed by atoms with Crippen molar-refractivity contribution in [1.82, 2.24) is 15.2 Å². The van der Waals surface area contributed by atoms with E-state index in [1.54, 1.807) is 24.4 Å². The number of aromatic nitrogens is 3. The predicted molar refractivity (Wildman–Crippen MR) is 67.9 cm³/mol. The maximum Gasteiger partial charge on any atom is 0.172 e. The standard InChI is InChI=1S/C10H8ClN5OS/c11-7-2-1-4-13-10(7)18-9-6(8(12)16-17)3-5-14-15-9/h1-5,17H,(H2,12,16). The van der Waals surface area contributed by atoms with Gasteiger partial charge in [-0.3, -0.25) is 0 Å². The van der Waals surface area contributed by atoms with Gasteiger partial charge in [0.25, 0.3) is 0 Å². The lowest BCUT2D eigenvalue weighted by atomic mass is 10.3. The van der Waals surface area contributed by atoms with Crippen LogP contribution in [0, 0.1) is 0 Å². The second kappa shape index (κ2) is 5.65. The smallest absolute Gasteiger partial charge is 0.172 e. The number of halogens is 1. The molecule has 0 saturated heterocycles. The minimum atomic E-state index is -0.0422. The molecular formula is C10H8ClN5OS. The average Bonchev–Trinajstić information content (AvgIpc) is 2.41. The van der Waals surface area contributed by atoms with Crippen molar-refractivity contribution in [3.05, 3.63) is 41.2 Å². The van der Waals surface area contributed by atoms with E-state index in [4.69, 9.17) is 22.5 Å². The summed E-state index contributed by atoms with van der Waals surface area (Å²) in [6.45, 7) is 0. The summed E-state index contributed by atoms with van der Waals surface area (Å²) < 4.78 is 0. The van der Waals surface area contributed by atoms with E-state index in [9.17, 15) is 0 Å². The number of hydrogen-bond acceptors (Lipinski definition) is 6. The van der Waals surface area contributed by atoms with Gasteiger partial charge in [-0.15, -0.1) is 5.10 Å². The summed E-state index contributed by atoms with van der Waals surface area (Å²) >= 11 is 7.19. The van der Waals surface area contributed by atoms with E-state index in [2.05, 4.69) is 20.3 Å². The number of amidine groups is 1. The van der Waals surface area contributed by atoms with E-state index >= 15 is 0 Å². The zero-order chi connectivity index (χ0) is 13.0. The molecule has 0 radical (unpaired) electrons. The third kappa shape index (κ3) is 2.69. The lowest BCUT2D eigenvalue weighted by molar-refractivity contribution is 0.318. The van der Waals surface area contributed by atoms with Gasteiger partial charge in [-0.25, -0.2) is 4.98 Å². The van der Waals surface area contributed by atoms with Crippen molar-refractivity contribution in [2.24, 2.45) is 10.9 Å². The molecule has 3 N–H and O–H groups in total. The van der Waals surface area contributed by atoms with Crippen molar-refractivity contribution in [3.8, 4) is 0 Å². The highest BCUT2D eigenvalue weighted by Gasteiger charge is 2.12. The normalized spacial score (nSPS) is 11.5. The van der Waals surface area contributed by atoms with Gasteiger partial charge >= 0.3 is 0 Å². The van der Waals surface area contributed by atoms with E-state index < -0.39 is 0 Å². The second-order valence-electron chi connectivity index (χ2n) is 3.13. The van der Waals surface area contributed by atoms with Gasteiger partial charge in [0.1, 0.15) is 10.1 Å². The molecule has 0 aliphatic rings. The van der Waals surface area contributed by atoms with Crippen LogP contribution in [-0.4, -0.2) is 26.2 Å². The molecule has 0 saturated carbocycles. The number of oxime groups is 1. The second-order valence-corrected chi connectivity index (χ2v) is 4.51. The summed E-state index contributed by atoms with van der Waals surface area (Å²) in [5, 5.41) is 20.9. The summed E-state index contributed by atoms with van der Waals surface area (Å²) in [6, 6.07) is 5.05. The van der Waals surface area contributed by atoms with Crippen molar-refractivity contribution in [2.45, 2.75) is 10.1 Å². The van der Waals surface area contributed by atoms with Crippen LogP contribution in [0.2, 0.25) is 5.02 Å². The summed E-state index contributed by atoms with van der Waals surface area (Å²) in [5.41, 5.74) is 6.02. The lowest BCUT2D eigenvalue weighted by Crippen LogP contribution is -2.15. The molecule has 0 bridgehead atoms. The third-order valence-corrected chi connectivity index (χ3v) is 3.42. The van der Waals surface area contributed by atoms with Crippen LogP contribution in [0.4, 0.5) is 0 Å². The Balaban J connectivity index is 2.38. The minimum absolute atomic E-state index is 0.0422. The monoisotopic (exact) mass is 281 g/mol. The van der Waals surface area contributed by atoms with Crippen LogP contribution >= 0.6 is 23.4 Å². The molecule has 2 rings (SSSR count). The van der Waals surface area contributed by atoms with Crippen LogP contribution in [0.25, 0.3) is 0 Å². The van der Waals surface area contributed by atoms with E-state index in [0.29, 0.717) is 20.6 Å². The summed E-state index contributed by atoms with van der Waals surface area (Å²) in [7, 11) is 0. The van der Waals surface area contributed by atoms with Gasteiger partial charge in [0.2, 0.25) is 0 Å². The van der Waals surface area contributed by atoms with E-state index in [-0.39, 0.29) is 5.84 Å². The van der Waals surface area contributed by atoms with E-state index in [1.165, 1.54) is 18.0 Å². The van der Waals surface area contributed by atoms with Crippen molar-refractivity contribution in [3.63, 3.8) is 0 Å². The Hall–Kier alpha value is -1.86.